The molecule has 2 N–H and O–H groups in total. The highest BCUT2D eigenvalue weighted by Gasteiger charge is 1.93. The molecule has 0 aromatic heterocycles. The Balaban J connectivity index is 2.45. The molecule has 0 amide bonds. The summed E-state index contributed by atoms with van der Waals surface area (Å²) in [4.78, 5) is 4.35. The van der Waals surface area contributed by atoms with Gasteiger partial charge in [-0.05, 0) is 6.92 Å². The van der Waals surface area contributed by atoms with Crippen molar-refractivity contribution < 1.29 is 4.94 Å². The average molecular weight is 87.1 g/mol. The third-order valence-corrected chi connectivity index (χ3v) is 0.458. The third kappa shape index (κ3) is 0.414. The van der Waals surface area contributed by atoms with Crippen LogP contribution in [0.2, 0.25) is 0 Å². The van der Waals surface area contributed by atoms with E-state index in [2.05, 4.69) is 21.1 Å². The van der Waals surface area contributed by atoms with Gasteiger partial charge in [0.15, 0.2) is 0 Å². The van der Waals surface area contributed by atoms with Crippen molar-refractivity contribution >= 4 is 5.84 Å². The molecule has 1 aliphatic rings. The summed E-state index contributed by atoms with van der Waals surface area (Å²) in [5.74, 6) is 0.745. The lowest BCUT2D eigenvalue weighted by molar-refractivity contribution is 0.0220. The molecule has 0 aliphatic carbocycles. The van der Waals surface area contributed by atoms with E-state index in [1.807, 2.05) is 0 Å². The summed E-state index contributed by atoms with van der Waals surface area (Å²) in [7, 11) is 0. The van der Waals surface area contributed by atoms with E-state index in [0.717, 1.165) is 5.84 Å². The molecule has 0 saturated heterocycles. The maximum Gasteiger partial charge on any atom is 0.147 e. The highest BCUT2D eigenvalue weighted by atomic mass is 16.8. The largest absolute Gasteiger partial charge is 0.225 e. The Kier molecular flexibility index (Phi) is 0.648. The lowest BCUT2D eigenvalue weighted by Crippen LogP contribution is -2.14. The molecule has 0 aromatic rings. The summed E-state index contributed by atoms with van der Waals surface area (Å²) in [6.07, 6.45) is 0. The van der Waals surface area contributed by atoms with E-state index in [1.54, 1.807) is 6.92 Å². The maximum absolute atomic E-state index is 4.35. The van der Waals surface area contributed by atoms with E-state index < -0.39 is 0 Å². The SMILES string of the molecule is CC1=NNON1. The Morgan fingerprint density at radius 1 is 1.83 bits per heavy atom. The van der Waals surface area contributed by atoms with E-state index in [1.165, 1.54) is 0 Å². The van der Waals surface area contributed by atoms with Crippen molar-refractivity contribution in [2.24, 2.45) is 5.10 Å². The normalized spacial score (nSPS) is 18.5. The number of hydrogen-bond donors (Lipinski definition) is 2. The van der Waals surface area contributed by atoms with Gasteiger partial charge in [-0.15, -0.1) is 10.0 Å². The van der Waals surface area contributed by atoms with Crippen molar-refractivity contribution in [2.75, 3.05) is 0 Å². The molecule has 6 heavy (non-hydrogen) atoms. The molecule has 1 rings (SSSR count). The number of nitrogens with one attached hydrogen (secondary N) is 2. The second-order valence-electron chi connectivity index (χ2n) is 0.993. The molecular formula is C2H5N3O. The van der Waals surface area contributed by atoms with Crippen LogP contribution >= 0.6 is 0 Å². The zero-order valence-electron chi connectivity index (χ0n) is 3.36. The molecule has 0 atom stereocenters. The van der Waals surface area contributed by atoms with Gasteiger partial charge in [0.2, 0.25) is 0 Å². The summed E-state index contributed by atoms with van der Waals surface area (Å²) in [6.45, 7) is 1.79. The zero-order chi connectivity index (χ0) is 4.41. The van der Waals surface area contributed by atoms with Gasteiger partial charge in [-0.25, -0.2) is 5.48 Å². The fraction of sp³-hybridized carbons (Fsp3) is 0.500. The second kappa shape index (κ2) is 1.14. The Labute approximate surface area is 35.1 Å². The molecule has 34 valence electrons. The fourth-order valence-electron chi connectivity index (χ4n) is 0.211. The van der Waals surface area contributed by atoms with Gasteiger partial charge < -0.3 is 0 Å². The first-order chi connectivity index (χ1) is 2.89. The minimum absolute atomic E-state index is 0.745. The first kappa shape index (κ1) is 3.42. The molecule has 0 saturated carbocycles. The Bertz CT molecular complexity index is 78.9. The van der Waals surface area contributed by atoms with Crippen molar-refractivity contribution in [1.29, 1.82) is 0 Å². The van der Waals surface area contributed by atoms with Crippen LogP contribution in [-0.2, 0) is 4.94 Å². The molecule has 0 fully saturated rings. The fourth-order valence-corrected chi connectivity index (χ4v) is 0.211. The molecular weight excluding hydrogens is 82.0 g/mol. The van der Waals surface area contributed by atoms with Gasteiger partial charge in [0.1, 0.15) is 5.84 Å². The van der Waals surface area contributed by atoms with Gasteiger partial charge in [-0.3, -0.25) is 0 Å². The summed E-state index contributed by atoms with van der Waals surface area (Å²) in [6, 6.07) is 0. The van der Waals surface area contributed by atoms with Crippen LogP contribution in [-0.4, -0.2) is 5.84 Å². The van der Waals surface area contributed by atoms with Crippen molar-refractivity contribution in [3.8, 4) is 0 Å². The van der Waals surface area contributed by atoms with Crippen LogP contribution in [0.15, 0.2) is 5.10 Å². The third-order valence-electron chi connectivity index (χ3n) is 0.458. The minimum Gasteiger partial charge on any atom is -0.225 e. The number of hydroxylamine groups is 1. The van der Waals surface area contributed by atoms with Crippen LogP contribution in [0.25, 0.3) is 0 Å². The number of hydrogen-bond acceptors (Lipinski definition) is 4. The van der Waals surface area contributed by atoms with Gasteiger partial charge >= 0.3 is 0 Å². The molecule has 0 bridgehead atoms. The molecule has 0 radical (unpaired) electrons. The number of nitrogens with zero attached hydrogens (tertiary/aromatic N) is 1. The van der Waals surface area contributed by atoms with Crippen LogP contribution in [0, 0.1) is 0 Å². The Hall–Kier alpha value is -0.770. The minimum atomic E-state index is 0.745. The summed E-state index contributed by atoms with van der Waals surface area (Å²) in [5, 5.41) is 3.57. The topological polar surface area (TPSA) is 45.7 Å². The van der Waals surface area contributed by atoms with Crippen molar-refractivity contribution in [1.82, 2.24) is 11.1 Å². The first-order valence-electron chi connectivity index (χ1n) is 1.61. The molecule has 1 heterocycles. The van der Waals surface area contributed by atoms with Crippen LogP contribution in [0.4, 0.5) is 0 Å². The number of amidine groups is 1. The molecule has 4 nitrogen and oxygen atoms in total. The smallest absolute Gasteiger partial charge is 0.147 e. The lowest BCUT2D eigenvalue weighted by atomic mass is 10.7. The molecule has 0 unspecified atom stereocenters. The molecule has 0 aromatic carbocycles. The van der Waals surface area contributed by atoms with Gasteiger partial charge in [-0.2, -0.15) is 5.59 Å². The van der Waals surface area contributed by atoms with E-state index in [0.29, 0.717) is 0 Å². The quantitative estimate of drug-likeness (QED) is 0.413. The summed E-state index contributed by atoms with van der Waals surface area (Å²) in [5.41, 5.74) is 4.71. The molecule has 0 spiro atoms. The first-order valence-corrected chi connectivity index (χ1v) is 1.61. The summed E-state index contributed by atoms with van der Waals surface area (Å²) < 4.78 is 0. The predicted octanol–water partition coefficient (Wildman–Crippen LogP) is -0.641. The molecule has 4 heteroatoms. The Morgan fingerprint density at radius 3 is 2.83 bits per heavy atom. The van der Waals surface area contributed by atoms with Crippen LogP contribution in [0.5, 0.6) is 0 Å². The van der Waals surface area contributed by atoms with Crippen molar-refractivity contribution in [3.05, 3.63) is 0 Å². The average Bonchev–Trinajstić information content (AvgIpc) is 1.86. The van der Waals surface area contributed by atoms with E-state index in [-0.39, 0.29) is 0 Å². The zero-order valence-corrected chi connectivity index (χ0v) is 3.36. The lowest BCUT2D eigenvalue weighted by Gasteiger charge is -1.84. The van der Waals surface area contributed by atoms with Crippen molar-refractivity contribution in [3.63, 3.8) is 0 Å². The monoisotopic (exact) mass is 87.0 g/mol. The van der Waals surface area contributed by atoms with E-state index in [4.69, 9.17) is 0 Å². The van der Waals surface area contributed by atoms with Crippen molar-refractivity contribution in [2.45, 2.75) is 6.92 Å². The van der Waals surface area contributed by atoms with Gasteiger partial charge in [0.25, 0.3) is 0 Å². The number of hydrazone groups is 1. The van der Waals surface area contributed by atoms with Gasteiger partial charge in [0.05, 0.1) is 0 Å². The maximum atomic E-state index is 4.35. The highest BCUT2D eigenvalue weighted by molar-refractivity contribution is 5.78. The second-order valence-corrected chi connectivity index (χ2v) is 0.993. The Morgan fingerprint density at radius 2 is 2.67 bits per heavy atom. The number of rotatable bonds is 0. The molecule has 1 aliphatic heterocycles. The highest BCUT2D eigenvalue weighted by Crippen LogP contribution is 1.73. The van der Waals surface area contributed by atoms with E-state index >= 15 is 0 Å². The summed E-state index contributed by atoms with van der Waals surface area (Å²) >= 11 is 0. The van der Waals surface area contributed by atoms with Gasteiger partial charge in [-0.1, -0.05) is 0 Å². The van der Waals surface area contributed by atoms with Crippen LogP contribution in [0.1, 0.15) is 6.92 Å². The van der Waals surface area contributed by atoms with Crippen LogP contribution < -0.4 is 11.1 Å². The van der Waals surface area contributed by atoms with Crippen LogP contribution in [0.3, 0.4) is 0 Å². The standard InChI is InChI=1S/C2H5N3O/c1-2-3-5-6-4-2/h5H,1H3,(H,3,4). The van der Waals surface area contributed by atoms with E-state index in [9.17, 15) is 0 Å². The van der Waals surface area contributed by atoms with Gasteiger partial charge in [0, 0.05) is 0 Å². The predicted molar refractivity (Wildman–Crippen MR) is 20.5 cm³/mol.